The Kier molecular flexibility index (Phi) is 6.30. The summed E-state index contributed by atoms with van der Waals surface area (Å²) in [6, 6.07) is 14.8. The summed E-state index contributed by atoms with van der Waals surface area (Å²) in [6.07, 6.45) is 1.59. The van der Waals surface area contributed by atoms with Crippen molar-refractivity contribution < 1.29 is 9.59 Å². The van der Waals surface area contributed by atoms with Gasteiger partial charge in [-0.05, 0) is 74.5 Å². The van der Waals surface area contributed by atoms with E-state index in [9.17, 15) is 9.59 Å². The highest BCUT2D eigenvalue weighted by Gasteiger charge is 2.26. The third-order valence-electron chi connectivity index (χ3n) is 5.16. The van der Waals surface area contributed by atoms with Gasteiger partial charge in [0.05, 0.1) is 6.54 Å². The van der Waals surface area contributed by atoms with E-state index in [1.807, 2.05) is 43.3 Å². The molecule has 0 amide bonds. The number of Topliss-reactive ketones (excluding diaryl/α,β-unsaturated/α-hetero) is 2. The SMILES string of the molecule is CN(C)c1ccc(C(=O)C2CCN(CC(=O)c3ccc(Cl)cc3)CC2)cc1. The fraction of sp³-hybridized carbons (Fsp3) is 0.364. The lowest BCUT2D eigenvalue weighted by molar-refractivity contribution is 0.0805. The molecule has 0 unspecified atom stereocenters. The molecule has 0 aliphatic carbocycles. The highest BCUT2D eigenvalue weighted by atomic mass is 35.5. The molecule has 1 saturated heterocycles. The summed E-state index contributed by atoms with van der Waals surface area (Å²) in [5, 5.41) is 0.629. The highest BCUT2D eigenvalue weighted by molar-refractivity contribution is 6.30. The van der Waals surface area contributed by atoms with Gasteiger partial charge in [0.25, 0.3) is 0 Å². The summed E-state index contributed by atoms with van der Waals surface area (Å²) < 4.78 is 0. The van der Waals surface area contributed by atoms with Gasteiger partial charge >= 0.3 is 0 Å². The normalized spacial score (nSPS) is 15.5. The van der Waals surface area contributed by atoms with Crippen molar-refractivity contribution >= 4 is 28.9 Å². The van der Waals surface area contributed by atoms with Crippen LogP contribution in [0.3, 0.4) is 0 Å². The van der Waals surface area contributed by atoms with Crippen molar-refractivity contribution in [3.05, 3.63) is 64.7 Å². The lowest BCUT2D eigenvalue weighted by Gasteiger charge is -2.30. The molecule has 2 aromatic rings. The molecular formula is C22H25ClN2O2. The van der Waals surface area contributed by atoms with Crippen molar-refractivity contribution in [1.82, 2.24) is 4.90 Å². The molecule has 27 heavy (non-hydrogen) atoms. The van der Waals surface area contributed by atoms with Gasteiger partial charge < -0.3 is 4.90 Å². The van der Waals surface area contributed by atoms with E-state index in [1.165, 1.54) is 0 Å². The first-order chi connectivity index (χ1) is 12.9. The van der Waals surface area contributed by atoms with Crippen molar-refractivity contribution in [3.8, 4) is 0 Å². The maximum Gasteiger partial charge on any atom is 0.176 e. The summed E-state index contributed by atoms with van der Waals surface area (Å²) in [4.78, 5) is 29.3. The van der Waals surface area contributed by atoms with E-state index in [4.69, 9.17) is 11.6 Å². The molecule has 142 valence electrons. The van der Waals surface area contributed by atoms with Crippen LogP contribution in [-0.4, -0.2) is 50.2 Å². The number of nitrogens with zero attached hydrogens (tertiary/aromatic N) is 2. The quantitative estimate of drug-likeness (QED) is 0.700. The Balaban J connectivity index is 1.53. The van der Waals surface area contributed by atoms with E-state index in [0.717, 1.165) is 37.2 Å². The second kappa shape index (κ2) is 8.68. The Labute approximate surface area is 165 Å². The summed E-state index contributed by atoms with van der Waals surface area (Å²) >= 11 is 5.87. The number of ketones is 2. The highest BCUT2D eigenvalue weighted by Crippen LogP contribution is 2.23. The topological polar surface area (TPSA) is 40.6 Å². The largest absolute Gasteiger partial charge is 0.378 e. The van der Waals surface area contributed by atoms with Crippen LogP contribution in [0.1, 0.15) is 33.6 Å². The van der Waals surface area contributed by atoms with Crippen molar-refractivity contribution in [2.24, 2.45) is 5.92 Å². The number of hydrogen-bond acceptors (Lipinski definition) is 4. The van der Waals surface area contributed by atoms with Gasteiger partial charge in [-0.25, -0.2) is 0 Å². The maximum absolute atomic E-state index is 12.8. The Morgan fingerprint density at radius 3 is 2.07 bits per heavy atom. The summed E-state index contributed by atoms with van der Waals surface area (Å²) in [6.45, 7) is 1.93. The molecule has 0 N–H and O–H groups in total. The first-order valence-electron chi connectivity index (χ1n) is 9.27. The number of benzene rings is 2. The molecular weight excluding hydrogens is 360 g/mol. The van der Waals surface area contributed by atoms with E-state index in [-0.39, 0.29) is 17.5 Å². The van der Waals surface area contributed by atoms with Gasteiger partial charge in [0, 0.05) is 41.9 Å². The third kappa shape index (κ3) is 4.96. The molecule has 0 spiro atoms. The predicted octanol–water partition coefficient (Wildman–Crippen LogP) is 4.18. The molecule has 1 fully saturated rings. The van der Waals surface area contributed by atoms with Crippen LogP contribution in [-0.2, 0) is 0 Å². The van der Waals surface area contributed by atoms with E-state index in [2.05, 4.69) is 4.90 Å². The van der Waals surface area contributed by atoms with Gasteiger partial charge in [0.1, 0.15) is 0 Å². The average molecular weight is 385 g/mol. The molecule has 0 aromatic heterocycles. The van der Waals surface area contributed by atoms with Crippen LogP contribution < -0.4 is 4.90 Å². The molecule has 1 aliphatic heterocycles. The van der Waals surface area contributed by atoms with Crippen LogP contribution in [0.15, 0.2) is 48.5 Å². The number of halogens is 1. The molecule has 0 bridgehead atoms. The average Bonchev–Trinajstić information content (AvgIpc) is 2.68. The molecule has 0 saturated carbocycles. The lowest BCUT2D eigenvalue weighted by atomic mass is 9.88. The Morgan fingerprint density at radius 1 is 0.963 bits per heavy atom. The van der Waals surface area contributed by atoms with Gasteiger partial charge in [-0.15, -0.1) is 0 Å². The zero-order chi connectivity index (χ0) is 19.4. The van der Waals surface area contributed by atoms with Crippen molar-refractivity contribution in [3.63, 3.8) is 0 Å². The van der Waals surface area contributed by atoms with Crippen LogP contribution in [0.4, 0.5) is 5.69 Å². The minimum atomic E-state index is 0.0390. The van der Waals surface area contributed by atoms with Crippen LogP contribution >= 0.6 is 11.6 Å². The smallest absolute Gasteiger partial charge is 0.176 e. The fourth-order valence-electron chi connectivity index (χ4n) is 3.44. The standard InChI is InChI=1S/C22H25ClN2O2/c1-24(2)20-9-5-17(6-10-20)22(27)18-11-13-25(14-12-18)15-21(26)16-3-7-19(23)8-4-16/h3-10,18H,11-15H2,1-2H3. The first-order valence-corrected chi connectivity index (χ1v) is 9.64. The summed E-state index contributed by atoms with van der Waals surface area (Å²) in [5.74, 6) is 0.344. The van der Waals surface area contributed by atoms with Gasteiger partial charge in [-0.3, -0.25) is 14.5 Å². The Bertz CT molecular complexity index is 792. The van der Waals surface area contributed by atoms with Gasteiger partial charge in [-0.1, -0.05) is 11.6 Å². The maximum atomic E-state index is 12.8. The third-order valence-corrected chi connectivity index (χ3v) is 5.41. The van der Waals surface area contributed by atoms with Crippen molar-refractivity contribution in [2.75, 3.05) is 38.6 Å². The van der Waals surface area contributed by atoms with Crippen LogP contribution in [0.25, 0.3) is 0 Å². The molecule has 0 radical (unpaired) electrons. The molecule has 4 nitrogen and oxygen atoms in total. The first kappa shape index (κ1) is 19.6. The van der Waals surface area contributed by atoms with E-state index in [0.29, 0.717) is 17.1 Å². The van der Waals surface area contributed by atoms with Crippen LogP contribution in [0, 0.1) is 5.92 Å². The number of piperidine rings is 1. The number of likely N-dealkylation sites (tertiary alicyclic amines) is 1. The fourth-order valence-corrected chi connectivity index (χ4v) is 3.57. The lowest BCUT2D eigenvalue weighted by Crippen LogP contribution is -2.39. The van der Waals surface area contributed by atoms with E-state index in [1.54, 1.807) is 24.3 Å². The number of carbonyl (C=O) groups excluding carboxylic acids is 2. The van der Waals surface area contributed by atoms with Gasteiger partial charge in [0.2, 0.25) is 0 Å². The van der Waals surface area contributed by atoms with E-state index >= 15 is 0 Å². The minimum Gasteiger partial charge on any atom is -0.378 e. The number of carbonyl (C=O) groups is 2. The monoisotopic (exact) mass is 384 g/mol. The van der Waals surface area contributed by atoms with Crippen molar-refractivity contribution in [2.45, 2.75) is 12.8 Å². The second-order valence-corrected chi connectivity index (χ2v) is 7.72. The van der Waals surface area contributed by atoms with Gasteiger partial charge in [0.15, 0.2) is 11.6 Å². The van der Waals surface area contributed by atoms with Crippen LogP contribution in [0.2, 0.25) is 5.02 Å². The number of rotatable bonds is 6. The van der Waals surface area contributed by atoms with Gasteiger partial charge in [-0.2, -0.15) is 0 Å². The molecule has 0 atom stereocenters. The van der Waals surface area contributed by atoms with Crippen molar-refractivity contribution in [1.29, 1.82) is 0 Å². The van der Waals surface area contributed by atoms with Crippen LogP contribution in [0.5, 0.6) is 0 Å². The number of hydrogen-bond donors (Lipinski definition) is 0. The summed E-state index contributed by atoms with van der Waals surface area (Å²) in [7, 11) is 3.97. The van der Waals surface area contributed by atoms with E-state index < -0.39 is 0 Å². The minimum absolute atomic E-state index is 0.0390. The molecule has 2 aromatic carbocycles. The number of anilines is 1. The molecule has 1 heterocycles. The molecule has 1 aliphatic rings. The zero-order valence-corrected chi connectivity index (χ0v) is 16.6. The molecule has 3 rings (SSSR count). The Morgan fingerprint density at radius 2 is 1.52 bits per heavy atom. The zero-order valence-electron chi connectivity index (χ0n) is 15.8. The summed E-state index contributed by atoms with van der Waals surface area (Å²) in [5.41, 5.74) is 2.54. The Hall–Kier alpha value is -2.17. The molecule has 5 heteroatoms. The predicted molar refractivity (Wildman–Crippen MR) is 110 cm³/mol. The second-order valence-electron chi connectivity index (χ2n) is 7.29.